The van der Waals surface area contributed by atoms with E-state index >= 15 is 0 Å². The van der Waals surface area contributed by atoms with Crippen LogP contribution in [-0.2, 0) is 0 Å². The number of nitrogen functional groups attached to an aromatic ring is 1. The molecule has 0 aliphatic rings. The van der Waals surface area contributed by atoms with Crippen molar-refractivity contribution >= 4 is 11.7 Å². The maximum absolute atomic E-state index is 7.54. The van der Waals surface area contributed by atoms with Crippen molar-refractivity contribution in [1.29, 1.82) is 5.41 Å². The smallest absolute Gasteiger partial charge is 0.139 e. The van der Waals surface area contributed by atoms with E-state index in [1.165, 1.54) is 0 Å². The second kappa shape index (κ2) is 5.49. The van der Waals surface area contributed by atoms with Gasteiger partial charge in [0.25, 0.3) is 0 Å². The minimum absolute atomic E-state index is 0.0703. The molecule has 4 nitrogen and oxygen atoms in total. The van der Waals surface area contributed by atoms with Gasteiger partial charge >= 0.3 is 0 Å². The molecule has 0 aromatic carbocycles. The summed E-state index contributed by atoms with van der Waals surface area (Å²) in [5, 5.41) is 7.54. The maximum atomic E-state index is 7.54. The fourth-order valence-corrected chi connectivity index (χ4v) is 1.90. The van der Waals surface area contributed by atoms with Gasteiger partial charge in [0.1, 0.15) is 11.7 Å². The van der Waals surface area contributed by atoms with E-state index in [0.29, 0.717) is 11.6 Å². The molecule has 0 atom stereocenters. The third kappa shape index (κ3) is 2.51. The van der Waals surface area contributed by atoms with Gasteiger partial charge in [-0.05, 0) is 25.0 Å². The van der Waals surface area contributed by atoms with Gasteiger partial charge in [-0.3, -0.25) is 5.41 Å². The first-order chi connectivity index (χ1) is 7.61. The first-order valence-corrected chi connectivity index (χ1v) is 5.64. The van der Waals surface area contributed by atoms with Gasteiger partial charge in [-0.25, -0.2) is 4.98 Å². The van der Waals surface area contributed by atoms with Crippen molar-refractivity contribution in [1.82, 2.24) is 4.98 Å². The van der Waals surface area contributed by atoms with Crippen LogP contribution in [0.25, 0.3) is 0 Å². The zero-order valence-corrected chi connectivity index (χ0v) is 10.2. The molecule has 0 spiro atoms. The second-order valence-corrected chi connectivity index (χ2v) is 3.87. The first-order valence-electron chi connectivity index (χ1n) is 5.64. The lowest BCUT2D eigenvalue weighted by atomic mass is 10.1. The molecular weight excluding hydrogens is 200 g/mol. The van der Waals surface area contributed by atoms with Crippen LogP contribution in [0, 0.1) is 5.41 Å². The van der Waals surface area contributed by atoms with Crippen LogP contribution in [-0.4, -0.2) is 23.9 Å². The Balaban J connectivity index is 3.07. The number of rotatable bonds is 5. The number of pyridine rings is 1. The monoisotopic (exact) mass is 220 g/mol. The number of nitrogens with one attached hydrogen (secondary N) is 1. The highest BCUT2D eigenvalue weighted by atomic mass is 15.2. The predicted molar refractivity (Wildman–Crippen MR) is 68.0 cm³/mol. The third-order valence-corrected chi connectivity index (χ3v) is 2.90. The third-order valence-electron chi connectivity index (χ3n) is 2.90. The van der Waals surface area contributed by atoms with Crippen LogP contribution in [0.3, 0.4) is 0 Å². The minimum Gasteiger partial charge on any atom is -0.384 e. The Labute approximate surface area is 97.0 Å². The largest absolute Gasteiger partial charge is 0.384 e. The fourth-order valence-electron chi connectivity index (χ4n) is 1.90. The lowest BCUT2D eigenvalue weighted by Crippen LogP contribution is -2.33. The molecule has 0 unspecified atom stereocenters. The van der Waals surface area contributed by atoms with Crippen molar-refractivity contribution in [3.05, 3.63) is 23.9 Å². The summed E-state index contributed by atoms with van der Waals surface area (Å²) in [6.07, 6.45) is 3.85. The van der Waals surface area contributed by atoms with Gasteiger partial charge in [0, 0.05) is 19.3 Å². The summed E-state index contributed by atoms with van der Waals surface area (Å²) in [4.78, 5) is 6.43. The number of aromatic nitrogens is 1. The van der Waals surface area contributed by atoms with Crippen molar-refractivity contribution in [3.63, 3.8) is 0 Å². The molecule has 0 radical (unpaired) electrons. The van der Waals surface area contributed by atoms with Gasteiger partial charge in [-0.1, -0.05) is 13.8 Å². The van der Waals surface area contributed by atoms with E-state index in [-0.39, 0.29) is 5.84 Å². The highest BCUT2D eigenvalue weighted by Gasteiger charge is 2.16. The lowest BCUT2D eigenvalue weighted by Gasteiger charge is -2.28. The molecule has 88 valence electrons. The molecule has 0 aliphatic carbocycles. The van der Waals surface area contributed by atoms with Gasteiger partial charge in [-0.15, -0.1) is 0 Å². The SMILES string of the molecule is CCC(CC)N(C)c1ncccc1C(=N)N. The van der Waals surface area contributed by atoms with Gasteiger partial charge in [0.05, 0.1) is 5.56 Å². The minimum atomic E-state index is 0.0703. The lowest BCUT2D eigenvalue weighted by molar-refractivity contribution is 0.586. The molecule has 1 heterocycles. The number of amidine groups is 1. The van der Waals surface area contributed by atoms with Gasteiger partial charge in [0.2, 0.25) is 0 Å². The predicted octanol–water partition coefficient (Wildman–Crippen LogP) is 1.99. The van der Waals surface area contributed by atoms with Crippen LogP contribution in [0.2, 0.25) is 0 Å². The average Bonchev–Trinajstić information content (AvgIpc) is 2.30. The zero-order chi connectivity index (χ0) is 12.1. The van der Waals surface area contributed by atoms with Crippen LogP contribution >= 0.6 is 0 Å². The van der Waals surface area contributed by atoms with Crippen molar-refractivity contribution in [2.75, 3.05) is 11.9 Å². The highest BCUT2D eigenvalue weighted by molar-refractivity contribution is 5.99. The van der Waals surface area contributed by atoms with E-state index in [2.05, 4.69) is 23.7 Å². The highest BCUT2D eigenvalue weighted by Crippen LogP contribution is 2.20. The molecule has 0 aliphatic heterocycles. The van der Waals surface area contributed by atoms with Crippen molar-refractivity contribution in [2.45, 2.75) is 32.7 Å². The number of nitrogens with two attached hydrogens (primary N) is 1. The fraction of sp³-hybridized carbons (Fsp3) is 0.500. The summed E-state index contributed by atoms with van der Waals surface area (Å²) in [5.74, 6) is 0.865. The van der Waals surface area contributed by atoms with Crippen molar-refractivity contribution in [3.8, 4) is 0 Å². The number of nitrogens with zero attached hydrogens (tertiary/aromatic N) is 2. The Morgan fingerprint density at radius 3 is 2.62 bits per heavy atom. The molecule has 4 heteroatoms. The molecule has 0 saturated heterocycles. The molecule has 3 N–H and O–H groups in total. The topological polar surface area (TPSA) is 66.0 Å². The zero-order valence-electron chi connectivity index (χ0n) is 10.2. The maximum Gasteiger partial charge on any atom is 0.139 e. The van der Waals surface area contributed by atoms with E-state index in [1.54, 1.807) is 12.3 Å². The number of hydrogen-bond acceptors (Lipinski definition) is 3. The van der Waals surface area contributed by atoms with Crippen molar-refractivity contribution in [2.24, 2.45) is 5.73 Å². The Hall–Kier alpha value is -1.58. The molecule has 0 saturated carbocycles. The molecular formula is C12H20N4. The standard InChI is InChI=1S/C12H20N4/c1-4-9(5-2)16(3)12-10(11(13)14)7-6-8-15-12/h6-9H,4-5H2,1-3H3,(H3,13,14). The van der Waals surface area contributed by atoms with Crippen molar-refractivity contribution < 1.29 is 0 Å². The van der Waals surface area contributed by atoms with E-state index < -0.39 is 0 Å². The number of hydrogen-bond donors (Lipinski definition) is 2. The van der Waals surface area contributed by atoms with Crippen LogP contribution in [0.15, 0.2) is 18.3 Å². The van der Waals surface area contributed by atoms with Crippen LogP contribution in [0.1, 0.15) is 32.3 Å². The second-order valence-electron chi connectivity index (χ2n) is 3.87. The summed E-state index contributed by atoms with van der Waals surface area (Å²) in [6.45, 7) is 4.31. The van der Waals surface area contributed by atoms with Crippen LogP contribution < -0.4 is 10.6 Å². The molecule has 1 rings (SSSR count). The van der Waals surface area contributed by atoms with E-state index in [9.17, 15) is 0 Å². The Kier molecular flexibility index (Phi) is 4.28. The van der Waals surface area contributed by atoms with Gasteiger partial charge in [0.15, 0.2) is 0 Å². The van der Waals surface area contributed by atoms with Crippen LogP contribution in [0.4, 0.5) is 5.82 Å². The number of anilines is 1. The molecule has 1 aromatic heterocycles. The molecule has 0 bridgehead atoms. The summed E-state index contributed by atoms with van der Waals surface area (Å²) in [5.41, 5.74) is 6.26. The average molecular weight is 220 g/mol. The molecule has 0 amide bonds. The molecule has 1 aromatic rings. The van der Waals surface area contributed by atoms with E-state index in [1.807, 2.05) is 13.1 Å². The first kappa shape index (κ1) is 12.5. The Morgan fingerprint density at radius 2 is 2.12 bits per heavy atom. The molecule has 16 heavy (non-hydrogen) atoms. The summed E-state index contributed by atoms with van der Waals surface area (Å²) < 4.78 is 0. The summed E-state index contributed by atoms with van der Waals surface area (Å²) in [7, 11) is 2.01. The van der Waals surface area contributed by atoms with Crippen LogP contribution in [0.5, 0.6) is 0 Å². The summed E-state index contributed by atoms with van der Waals surface area (Å²) in [6, 6.07) is 4.08. The molecule has 0 fully saturated rings. The van der Waals surface area contributed by atoms with E-state index in [4.69, 9.17) is 11.1 Å². The Morgan fingerprint density at radius 1 is 1.50 bits per heavy atom. The normalized spacial score (nSPS) is 10.5. The van der Waals surface area contributed by atoms with Gasteiger partial charge in [-0.2, -0.15) is 0 Å². The van der Waals surface area contributed by atoms with Gasteiger partial charge < -0.3 is 10.6 Å². The Bertz CT molecular complexity index is 358. The quantitative estimate of drug-likeness (QED) is 0.589. The van der Waals surface area contributed by atoms with E-state index in [0.717, 1.165) is 18.7 Å². The summed E-state index contributed by atoms with van der Waals surface area (Å²) >= 11 is 0.